The molecule has 1 saturated heterocycles. The molecule has 1 atom stereocenters. The molecule has 0 unspecified atom stereocenters. The average Bonchev–Trinajstić information content (AvgIpc) is 2.71. The average molecular weight is 180 g/mol. The highest BCUT2D eigenvalue weighted by molar-refractivity contribution is 4.98. The maximum absolute atomic E-state index is 5.24. The van der Waals surface area contributed by atoms with Gasteiger partial charge in [0.15, 0.2) is 0 Å². The topological polar surface area (TPSA) is 28.4 Å². The second-order valence-electron chi connectivity index (χ2n) is 3.71. The van der Waals surface area contributed by atoms with Crippen LogP contribution in [-0.4, -0.2) is 31.1 Å². The molecule has 0 radical (unpaired) electrons. The van der Waals surface area contributed by atoms with E-state index in [1.54, 1.807) is 6.26 Å². The molecule has 72 valence electrons. The van der Waals surface area contributed by atoms with Crippen LogP contribution in [0.25, 0.3) is 0 Å². The van der Waals surface area contributed by atoms with Crippen molar-refractivity contribution in [2.24, 2.45) is 0 Å². The molecule has 3 nitrogen and oxygen atoms in total. The molecule has 0 amide bonds. The van der Waals surface area contributed by atoms with Gasteiger partial charge in [-0.05, 0) is 32.1 Å². The second kappa shape index (κ2) is 3.94. The molecule has 0 bridgehead atoms. The van der Waals surface area contributed by atoms with Gasteiger partial charge in [0.05, 0.1) is 12.8 Å². The van der Waals surface area contributed by atoms with Gasteiger partial charge < -0.3 is 14.6 Å². The summed E-state index contributed by atoms with van der Waals surface area (Å²) in [4.78, 5) is 2.35. The maximum atomic E-state index is 5.24. The predicted molar refractivity (Wildman–Crippen MR) is 51.4 cm³/mol. The molecule has 3 heteroatoms. The summed E-state index contributed by atoms with van der Waals surface area (Å²) in [7, 11) is 2.16. The van der Waals surface area contributed by atoms with Gasteiger partial charge in [0, 0.05) is 12.6 Å². The van der Waals surface area contributed by atoms with Gasteiger partial charge in [-0.1, -0.05) is 0 Å². The molecular weight excluding hydrogens is 164 g/mol. The summed E-state index contributed by atoms with van der Waals surface area (Å²) in [6, 6.07) is 4.57. The number of furan rings is 1. The summed E-state index contributed by atoms with van der Waals surface area (Å²) in [6.45, 7) is 3.21. The number of hydrogen-bond donors (Lipinski definition) is 1. The zero-order chi connectivity index (χ0) is 9.10. The van der Waals surface area contributed by atoms with Crippen LogP contribution in [0, 0.1) is 0 Å². The van der Waals surface area contributed by atoms with E-state index in [1.165, 1.54) is 13.0 Å². The normalized spacial score (nSPS) is 23.9. The lowest BCUT2D eigenvalue weighted by molar-refractivity contribution is 0.390. The highest BCUT2D eigenvalue weighted by atomic mass is 16.3. The smallest absolute Gasteiger partial charge is 0.117 e. The minimum absolute atomic E-state index is 0.634. The predicted octanol–water partition coefficient (Wildman–Crippen LogP) is 1.07. The molecule has 1 fully saturated rings. The van der Waals surface area contributed by atoms with Gasteiger partial charge in [-0.2, -0.15) is 0 Å². The first-order chi connectivity index (χ1) is 6.34. The molecule has 1 aromatic heterocycles. The molecule has 1 aliphatic rings. The van der Waals surface area contributed by atoms with Crippen molar-refractivity contribution in [2.45, 2.75) is 19.0 Å². The van der Waals surface area contributed by atoms with Crippen LogP contribution in [0.1, 0.15) is 12.2 Å². The van der Waals surface area contributed by atoms with Crippen LogP contribution in [0.15, 0.2) is 22.8 Å². The highest BCUT2D eigenvalue weighted by Gasteiger charge is 2.18. The van der Waals surface area contributed by atoms with Gasteiger partial charge in [-0.25, -0.2) is 0 Å². The van der Waals surface area contributed by atoms with E-state index in [4.69, 9.17) is 4.42 Å². The van der Waals surface area contributed by atoms with Crippen molar-refractivity contribution >= 4 is 0 Å². The monoisotopic (exact) mass is 180 g/mol. The van der Waals surface area contributed by atoms with E-state index >= 15 is 0 Å². The van der Waals surface area contributed by atoms with E-state index in [2.05, 4.69) is 17.3 Å². The van der Waals surface area contributed by atoms with Gasteiger partial charge in [0.1, 0.15) is 5.76 Å². The van der Waals surface area contributed by atoms with Crippen LogP contribution in [-0.2, 0) is 6.54 Å². The Labute approximate surface area is 78.7 Å². The van der Waals surface area contributed by atoms with Crippen LogP contribution < -0.4 is 5.32 Å². The maximum Gasteiger partial charge on any atom is 0.117 e. The van der Waals surface area contributed by atoms with Crippen molar-refractivity contribution in [3.63, 3.8) is 0 Å². The summed E-state index contributed by atoms with van der Waals surface area (Å²) in [5.41, 5.74) is 0. The van der Waals surface area contributed by atoms with E-state index in [0.29, 0.717) is 6.04 Å². The number of nitrogens with zero attached hydrogens (tertiary/aromatic N) is 1. The van der Waals surface area contributed by atoms with Crippen LogP contribution in [0.3, 0.4) is 0 Å². The first kappa shape index (κ1) is 8.78. The summed E-state index contributed by atoms with van der Waals surface area (Å²) < 4.78 is 5.24. The van der Waals surface area contributed by atoms with E-state index in [1.807, 2.05) is 12.1 Å². The lowest BCUT2D eigenvalue weighted by Gasteiger charge is -2.11. The van der Waals surface area contributed by atoms with Crippen LogP contribution in [0.4, 0.5) is 0 Å². The molecule has 1 N–H and O–H groups in total. The van der Waals surface area contributed by atoms with Gasteiger partial charge in [-0.15, -0.1) is 0 Å². The molecule has 1 aliphatic heterocycles. The molecule has 0 saturated carbocycles. The molecule has 0 spiro atoms. The Kier molecular flexibility index (Phi) is 2.66. The Morgan fingerprint density at radius 1 is 1.69 bits per heavy atom. The third kappa shape index (κ3) is 2.32. The van der Waals surface area contributed by atoms with Crippen molar-refractivity contribution in [3.05, 3.63) is 24.2 Å². The van der Waals surface area contributed by atoms with E-state index < -0.39 is 0 Å². The number of likely N-dealkylation sites (N-methyl/N-ethyl adjacent to an activating group) is 1. The van der Waals surface area contributed by atoms with Crippen molar-refractivity contribution in [1.82, 2.24) is 10.2 Å². The molecule has 0 aliphatic carbocycles. The zero-order valence-corrected chi connectivity index (χ0v) is 7.99. The summed E-state index contributed by atoms with van der Waals surface area (Å²) in [6.07, 6.45) is 2.97. The Hall–Kier alpha value is -0.800. The Bertz CT molecular complexity index is 245. The van der Waals surface area contributed by atoms with Crippen LogP contribution >= 0.6 is 0 Å². The largest absolute Gasteiger partial charge is 0.468 e. The van der Waals surface area contributed by atoms with Gasteiger partial charge in [0.25, 0.3) is 0 Å². The van der Waals surface area contributed by atoms with E-state index in [9.17, 15) is 0 Å². The minimum atomic E-state index is 0.634. The molecule has 13 heavy (non-hydrogen) atoms. The van der Waals surface area contributed by atoms with Crippen LogP contribution in [0.5, 0.6) is 0 Å². The van der Waals surface area contributed by atoms with Crippen LogP contribution in [0.2, 0.25) is 0 Å². The lowest BCUT2D eigenvalue weighted by Crippen LogP contribution is -2.30. The Morgan fingerprint density at radius 2 is 2.62 bits per heavy atom. The third-order valence-electron chi connectivity index (χ3n) is 2.54. The van der Waals surface area contributed by atoms with Crippen molar-refractivity contribution in [3.8, 4) is 0 Å². The van der Waals surface area contributed by atoms with Gasteiger partial charge >= 0.3 is 0 Å². The minimum Gasteiger partial charge on any atom is -0.468 e. The molecule has 2 rings (SSSR count). The molecule has 2 heterocycles. The van der Waals surface area contributed by atoms with E-state index in [0.717, 1.165) is 18.8 Å². The van der Waals surface area contributed by atoms with Gasteiger partial charge in [0.2, 0.25) is 0 Å². The number of hydrogen-bond acceptors (Lipinski definition) is 3. The second-order valence-corrected chi connectivity index (χ2v) is 3.71. The number of likely N-dealkylation sites (tertiary alicyclic amines) is 1. The summed E-state index contributed by atoms with van der Waals surface area (Å²) >= 11 is 0. The van der Waals surface area contributed by atoms with Gasteiger partial charge in [-0.3, -0.25) is 0 Å². The number of nitrogens with one attached hydrogen (secondary N) is 1. The first-order valence-corrected chi connectivity index (χ1v) is 4.79. The SMILES string of the molecule is CN1CC[C@@H](NCc2ccco2)C1. The Morgan fingerprint density at radius 3 is 3.23 bits per heavy atom. The first-order valence-electron chi connectivity index (χ1n) is 4.79. The Balaban J connectivity index is 1.74. The fourth-order valence-electron chi connectivity index (χ4n) is 1.76. The molecule has 1 aromatic rings. The fraction of sp³-hybridized carbons (Fsp3) is 0.600. The fourth-order valence-corrected chi connectivity index (χ4v) is 1.76. The number of rotatable bonds is 3. The highest BCUT2D eigenvalue weighted by Crippen LogP contribution is 2.07. The van der Waals surface area contributed by atoms with E-state index in [-0.39, 0.29) is 0 Å². The molecular formula is C10H16N2O. The standard InChI is InChI=1S/C10H16N2O/c1-12-5-4-9(8-12)11-7-10-3-2-6-13-10/h2-3,6,9,11H,4-5,7-8H2,1H3/t9-/m1/s1. The quantitative estimate of drug-likeness (QED) is 0.754. The summed E-state index contributed by atoms with van der Waals surface area (Å²) in [5.74, 6) is 1.02. The third-order valence-corrected chi connectivity index (χ3v) is 2.54. The lowest BCUT2D eigenvalue weighted by atomic mass is 10.2. The van der Waals surface area contributed by atoms with Crippen molar-refractivity contribution in [2.75, 3.05) is 20.1 Å². The summed E-state index contributed by atoms with van der Waals surface area (Å²) in [5, 5.41) is 3.48. The zero-order valence-electron chi connectivity index (χ0n) is 7.99. The van der Waals surface area contributed by atoms with Crippen molar-refractivity contribution in [1.29, 1.82) is 0 Å². The molecule has 0 aromatic carbocycles. The van der Waals surface area contributed by atoms with Crippen molar-refractivity contribution < 1.29 is 4.42 Å².